The number of esters is 1. The largest absolute Gasteiger partial charge is 0.452 e. The first-order valence-corrected chi connectivity index (χ1v) is 11.1. The van der Waals surface area contributed by atoms with Crippen molar-refractivity contribution >= 4 is 21.9 Å². The lowest BCUT2D eigenvalue weighted by atomic mass is 10.1. The fraction of sp³-hybridized carbons (Fsp3) is 0.333. The summed E-state index contributed by atoms with van der Waals surface area (Å²) in [5.74, 6) is -2.42. The van der Waals surface area contributed by atoms with Gasteiger partial charge in [0.25, 0.3) is 5.91 Å². The van der Waals surface area contributed by atoms with Gasteiger partial charge in [-0.15, -0.1) is 0 Å². The average molecular weight is 450 g/mol. The molecule has 2 aromatic carbocycles. The van der Waals surface area contributed by atoms with Gasteiger partial charge in [0.15, 0.2) is 6.61 Å². The number of rotatable bonds is 7. The summed E-state index contributed by atoms with van der Waals surface area (Å²) in [5.41, 5.74) is 1.82. The lowest BCUT2D eigenvalue weighted by Gasteiger charge is -2.26. The quantitative estimate of drug-likeness (QED) is 0.644. The summed E-state index contributed by atoms with van der Waals surface area (Å²) in [6, 6.07) is 10.5. The van der Waals surface area contributed by atoms with Gasteiger partial charge < -0.3 is 14.8 Å². The number of amides is 1. The van der Waals surface area contributed by atoms with Crippen LogP contribution in [0, 0.1) is 12.7 Å². The van der Waals surface area contributed by atoms with Gasteiger partial charge in [0, 0.05) is 19.6 Å². The third-order valence-electron chi connectivity index (χ3n) is 4.70. The van der Waals surface area contributed by atoms with Gasteiger partial charge in [-0.25, -0.2) is 17.6 Å². The van der Waals surface area contributed by atoms with E-state index in [1.807, 2.05) is 31.2 Å². The van der Waals surface area contributed by atoms with Gasteiger partial charge in [0.2, 0.25) is 10.0 Å². The highest BCUT2D eigenvalue weighted by Gasteiger charge is 2.30. The molecule has 8 nitrogen and oxygen atoms in total. The van der Waals surface area contributed by atoms with Crippen LogP contribution in [0.5, 0.6) is 0 Å². The van der Waals surface area contributed by atoms with Crippen molar-refractivity contribution in [3.8, 4) is 0 Å². The van der Waals surface area contributed by atoms with Crippen molar-refractivity contribution in [1.82, 2.24) is 9.62 Å². The monoisotopic (exact) mass is 450 g/mol. The van der Waals surface area contributed by atoms with E-state index in [0.29, 0.717) is 0 Å². The molecule has 0 bridgehead atoms. The van der Waals surface area contributed by atoms with Gasteiger partial charge in [-0.05, 0) is 30.7 Å². The number of aryl methyl sites for hydroxylation is 1. The number of sulfonamides is 1. The minimum absolute atomic E-state index is 0.0948. The van der Waals surface area contributed by atoms with E-state index in [2.05, 4.69) is 5.32 Å². The van der Waals surface area contributed by atoms with E-state index >= 15 is 0 Å². The Kier molecular flexibility index (Phi) is 7.37. The topological polar surface area (TPSA) is 102 Å². The molecule has 0 aliphatic carbocycles. The molecular weight excluding hydrogens is 427 g/mol. The zero-order chi connectivity index (χ0) is 22.4. The molecule has 3 rings (SSSR count). The molecule has 1 N–H and O–H groups in total. The van der Waals surface area contributed by atoms with E-state index in [4.69, 9.17) is 9.47 Å². The van der Waals surface area contributed by atoms with Crippen molar-refractivity contribution in [2.75, 3.05) is 32.9 Å². The zero-order valence-corrected chi connectivity index (χ0v) is 17.8. The Bertz CT molecular complexity index is 1050. The predicted octanol–water partition coefficient (Wildman–Crippen LogP) is 1.63. The molecule has 0 saturated carbocycles. The van der Waals surface area contributed by atoms with E-state index in [-0.39, 0.29) is 38.4 Å². The minimum Gasteiger partial charge on any atom is -0.452 e. The van der Waals surface area contributed by atoms with Crippen molar-refractivity contribution < 1.29 is 31.9 Å². The highest BCUT2D eigenvalue weighted by Crippen LogP contribution is 2.22. The average Bonchev–Trinajstić information content (AvgIpc) is 2.78. The van der Waals surface area contributed by atoms with Crippen LogP contribution in [0.2, 0.25) is 0 Å². The fourth-order valence-corrected chi connectivity index (χ4v) is 4.42. The van der Waals surface area contributed by atoms with Gasteiger partial charge in [0.05, 0.1) is 18.8 Å². The third kappa shape index (κ3) is 5.87. The van der Waals surface area contributed by atoms with Gasteiger partial charge in [-0.2, -0.15) is 4.31 Å². The number of morpholine rings is 1. The molecule has 1 fully saturated rings. The summed E-state index contributed by atoms with van der Waals surface area (Å²) in [4.78, 5) is 23.6. The highest BCUT2D eigenvalue weighted by atomic mass is 32.2. The number of carbonyl (C=O) groups excluding carboxylic acids is 2. The summed E-state index contributed by atoms with van der Waals surface area (Å²) >= 11 is 0. The molecule has 2 aromatic rings. The normalized spacial score (nSPS) is 14.8. The molecule has 31 heavy (non-hydrogen) atoms. The van der Waals surface area contributed by atoms with Crippen LogP contribution in [-0.4, -0.2) is 57.5 Å². The van der Waals surface area contributed by atoms with Crippen LogP contribution < -0.4 is 5.32 Å². The van der Waals surface area contributed by atoms with Gasteiger partial charge in [0.1, 0.15) is 10.7 Å². The van der Waals surface area contributed by atoms with E-state index in [1.165, 1.54) is 0 Å². The van der Waals surface area contributed by atoms with Crippen LogP contribution in [0.25, 0.3) is 0 Å². The van der Waals surface area contributed by atoms with Crippen molar-refractivity contribution in [3.05, 3.63) is 65.0 Å². The molecule has 1 aliphatic rings. The van der Waals surface area contributed by atoms with Gasteiger partial charge in [-0.3, -0.25) is 4.79 Å². The summed E-state index contributed by atoms with van der Waals surface area (Å²) < 4.78 is 50.8. The number of benzene rings is 2. The Balaban J connectivity index is 1.60. The summed E-state index contributed by atoms with van der Waals surface area (Å²) in [6.45, 7) is 2.29. The second-order valence-electron chi connectivity index (χ2n) is 7.00. The van der Waals surface area contributed by atoms with Gasteiger partial charge in [-0.1, -0.05) is 29.8 Å². The number of nitrogens with one attached hydrogen (secondary N) is 1. The fourth-order valence-electron chi connectivity index (χ4n) is 2.93. The number of hydrogen-bond acceptors (Lipinski definition) is 6. The zero-order valence-electron chi connectivity index (χ0n) is 17.0. The molecular formula is C21H23FN2O6S. The Labute approximate surface area is 180 Å². The summed E-state index contributed by atoms with van der Waals surface area (Å²) in [6.07, 6.45) is 0. The van der Waals surface area contributed by atoms with Crippen LogP contribution in [0.1, 0.15) is 21.5 Å². The molecule has 1 saturated heterocycles. The van der Waals surface area contributed by atoms with Crippen LogP contribution in [-0.2, 0) is 30.8 Å². The van der Waals surface area contributed by atoms with E-state index in [1.54, 1.807) is 0 Å². The van der Waals surface area contributed by atoms with E-state index in [9.17, 15) is 22.4 Å². The Morgan fingerprint density at radius 2 is 1.81 bits per heavy atom. The molecule has 0 unspecified atom stereocenters. The number of ether oxygens (including phenoxy) is 2. The van der Waals surface area contributed by atoms with Gasteiger partial charge >= 0.3 is 5.97 Å². The molecule has 0 aromatic heterocycles. The molecule has 10 heteroatoms. The Morgan fingerprint density at radius 1 is 1.13 bits per heavy atom. The molecule has 1 amide bonds. The molecule has 0 atom stereocenters. The SMILES string of the molecule is Cc1ccc(CNC(=O)COC(=O)c2ccc(F)c(S(=O)(=O)N3CCOCC3)c2)cc1. The first-order valence-electron chi connectivity index (χ1n) is 9.64. The maximum atomic E-state index is 14.2. The van der Waals surface area contributed by atoms with Crippen LogP contribution in [0.3, 0.4) is 0 Å². The van der Waals surface area contributed by atoms with Crippen molar-refractivity contribution in [2.24, 2.45) is 0 Å². The highest BCUT2D eigenvalue weighted by molar-refractivity contribution is 7.89. The summed E-state index contributed by atoms with van der Waals surface area (Å²) in [5, 5.41) is 2.62. The number of nitrogens with zero attached hydrogens (tertiary/aromatic N) is 1. The summed E-state index contributed by atoms with van der Waals surface area (Å²) in [7, 11) is -4.13. The standard InChI is InChI=1S/C21H23FN2O6S/c1-15-2-4-16(5-3-15)13-23-20(25)14-30-21(26)17-6-7-18(22)19(12-17)31(27,28)24-8-10-29-11-9-24/h2-7,12H,8-11,13-14H2,1H3,(H,23,25). The van der Waals surface area contributed by atoms with E-state index < -0.39 is 39.2 Å². The first-order chi connectivity index (χ1) is 14.8. The van der Waals surface area contributed by atoms with Crippen LogP contribution in [0.15, 0.2) is 47.4 Å². The first kappa shape index (κ1) is 22.9. The smallest absolute Gasteiger partial charge is 0.338 e. The van der Waals surface area contributed by atoms with Crippen molar-refractivity contribution in [2.45, 2.75) is 18.4 Å². The van der Waals surface area contributed by atoms with Crippen LogP contribution >= 0.6 is 0 Å². The number of hydrogen-bond donors (Lipinski definition) is 1. The minimum atomic E-state index is -4.13. The van der Waals surface area contributed by atoms with Crippen molar-refractivity contribution in [1.29, 1.82) is 0 Å². The van der Waals surface area contributed by atoms with E-state index in [0.717, 1.165) is 33.6 Å². The Hall–Kier alpha value is -2.82. The lowest BCUT2D eigenvalue weighted by Crippen LogP contribution is -2.41. The maximum Gasteiger partial charge on any atom is 0.338 e. The molecule has 166 valence electrons. The molecule has 1 aliphatic heterocycles. The number of halogens is 1. The predicted molar refractivity (Wildman–Crippen MR) is 109 cm³/mol. The molecule has 1 heterocycles. The van der Waals surface area contributed by atoms with Crippen LogP contribution in [0.4, 0.5) is 4.39 Å². The maximum absolute atomic E-state index is 14.2. The third-order valence-corrected chi connectivity index (χ3v) is 6.61. The molecule has 0 spiro atoms. The molecule has 0 radical (unpaired) electrons. The second-order valence-corrected chi connectivity index (χ2v) is 8.91. The van der Waals surface area contributed by atoms with Crippen molar-refractivity contribution in [3.63, 3.8) is 0 Å². The lowest BCUT2D eigenvalue weighted by molar-refractivity contribution is -0.124. The second kappa shape index (κ2) is 9.99. The number of carbonyl (C=O) groups is 2. The Morgan fingerprint density at radius 3 is 2.48 bits per heavy atom.